The Morgan fingerprint density at radius 1 is 1.22 bits per heavy atom. The van der Waals surface area contributed by atoms with Gasteiger partial charge in [-0.05, 0) is 47.5 Å². The average molecular weight is 313 g/mol. The molecule has 0 radical (unpaired) electrons. The molecule has 2 nitrogen and oxygen atoms in total. The average Bonchev–Trinajstić information content (AvgIpc) is 2.35. The number of carbonyl (C=O) groups excluding carboxylic acids is 1. The number of ether oxygens (including phenoxy) is 1. The zero-order valence-electron chi connectivity index (χ0n) is 11.2. The highest BCUT2D eigenvalue weighted by atomic mass is 79.9. The molecule has 1 aromatic carbocycles. The molecule has 100 valence electrons. The van der Waals surface area contributed by atoms with E-state index in [1.54, 1.807) is 0 Å². The normalized spacial score (nSPS) is 10.4. The second-order valence-electron chi connectivity index (χ2n) is 4.31. The fourth-order valence-electron chi connectivity index (χ4n) is 1.83. The van der Waals surface area contributed by atoms with Crippen LogP contribution in [0.5, 0.6) is 5.75 Å². The van der Waals surface area contributed by atoms with Gasteiger partial charge in [-0.25, -0.2) is 0 Å². The number of rotatable bonds is 8. The van der Waals surface area contributed by atoms with Crippen molar-refractivity contribution in [3.05, 3.63) is 28.2 Å². The molecular weight excluding hydrogens is 292 g/mol. The first-order valence-corrected chi connectivity index (χ1v) is 7.43. The van der Waals surface area contributed by atoms with Crippen molar-refractivity contribution in [2.75, 3.05) is 6.61 Å². The predicted molar refractivity (Wildman–Crippen MR) is 78.4 cm³/mol. The highest BCUT2D eigenvalue weighted by Gasteiger charge is 2.10. The van der Waals surface area contributed by atoms with Crippen LogP contribution in [0.4, 0.5) is 0 Å². The van der Waals surface area contributed by atoms with Gasteiger partial charge in [0, 0.05) is 16.5 Å². The topological polar surface area (TPSA) is 26.3 Å². The fraction of sp³-hybridized carbons (Fsp3) is 0.533. The summed E-state index contributed by atoms with van der Waals surface area (Å²) < 4.78 is 6.22. The van der Waals surface area contributed by atoms with Gasteiger partial charge in [-0.15, -0.1) is 0 Å². The molecule has 0 aromatic heterocycles. The summed E-state index contributed by atoms with van der Waals surface area (Å²) in [6.07, 6.45) is 5.15. The van der Waals surface area contributed by atoms with Crippen molar-refractivity contribution in [1.29, 1.82) is 0 Å². The van der Waals surface area contributed by atoms with Crippen LogP contribution in [0.25, 0.3) is 0 Å². The number of ketones is 1. The second kappa shape index (κ2) is 8.30. The molecule has 0 unspecified atom stereocenters. The van der Waals surface area contributed by atoms with E-state index in [1.165, 1.54) is 12.8 Å². The molecule has 0 fully saturated rings. The number of benzene rings is 1. The van der Waals surface area contributed by atoms with Gasteiger partial charge in [0.15, 0.2) is 5.78 Å². The molecule has 0 aliphatic rings. The van der Waals surface area contributed by atoms with Gasteiger partial charge in [-0.3, -0.25) is 4.79 Å². The smallest absolute Gasteiger partial charge is 0.164 e. The molecule has 0 bridgehead atoms. The molecule has 0 aliphatic heterocycles. The summed E-state index contributed by atoms with van der Waals surface area (Å²) in [6.45, 7) is 4.75. The Morgan fingerprint density at radius 2 is 2.00 bits per heavy atom. The molecule has 0 atom stereocenters. The van der Waals surface area contributed by atoms with Crippen LogP contribution in [0, 0.1) is 0 Å². The lowest BCUT2D eigenvalue weighted by Gasteiger charge is -2.07. The van der Waals surface area contributed by atoms with Crippen LogP contribution in [0.15, 0.2) is 22.7 Å². The van der Waals surface area contributed by atoms with Gasteiger partial charge in [-0.2, -0.15) is 0 Å². The standard InChI is InChI=1S/C15H21BrO2/c1-3-5-6-7-8-15(17)13-10-9-12(18-4-2)11-14(13)16/h9-11H,3-8H2,1-2H3. The van der Waals surface area contributed by atoms with Crippen molar-refractivity contribution >= 4 is 21.7 Å². The van der Waals surface area contributed by atoms with Crippen LogP contribution in [0.2, 0.25) is 0 Å². The van der Waals surface area contributed by atoms with Crippen molar-refractivity contribution in [3.63, 3.8) is 0 Å². The van der Waals surface area contributed by atoms with Crippen LogP contribution < -0.4 is 4.74 Å². The van der Waals surface area contributed by atoms with Crippen molar-refractivity contribution in [1.82, 2.24) is 0 Å². The Balaban J connectivity index is 2.57. The Labute approximate surface area is 118 Å². The Bertz CT molecular complexity index is 388. The number of hydrogen-bond acceptors (Lipinski definition) is 2. The summed E-state index contributed by atoms with van der Waals surface area (Å²) in [5.41, 5.74) is 0.759. The molecule has 1 aromatic rings. The summed E-state index contributed by atoms with van der Waals surface area (Å²) in [6, 6.07) is 5.56. The van der Waals surface area contributed by atoms with Gasteiger partial charge in [0.2, 0.25) is 0 Å². The van der Waals surface area contributed by atoms with Crippen molar-refractivity contribution in [2.24, 2.45) is 0 Å². The van der Waals surface area contributed by atoms with Crippen LogP contribution in [-0.4, -0.2) is 12.4 Å². The summed E-state index contributed by atoms with van der Waals surface area (Å²) in [5, 5.41) is 0. The lowest BCUT2D eigenvalue weighted by Crippen LogP contribution is -2.01. The maximum absolute atomic E-state index is 12.0. The summed E-state index contributed by atoms with van der Waals surface area (Å²) in [4.78, 5) is 12.0. The first-order valence-electron chi connectivity index (χ1n) is 6.64. The van der Waals surface area contributed by atoms with Crippen LogP contribution in [-0.2, 0) is 0 Å². The maximum Gasteiger partial charge on any atom is 0.164 e. The number of halogens is 1. The van der Waals surface area contributed by atoms with Crippen molar-refractivity contribution in [2.45, 2.75) is 46.0 Å². The SMILES string of the molecule is CCCCCCC(=O)c1ccc(OCC)cc1Br. The van der Waals surface area contributed by atoms with E-state index >= 15 is 0 Å². The van der Waals surface area contributed by atoms with E-state index in [9.17, 15) is 4.79 Å². The van der Waals surface area contributed by atoms with Crippen molar-refractivity contribution in [3.8, 4) is 5.75 Å². The Kier molecular flexibility index (Phi) is 7.02. The third kappa shape index (κ3) is 4.81. The number of Topliss-reactive ketones (excluding diaryl/α,β-unsaturated/α-hetero) is 1. The first kappa shape index (κ1) is 15.2. The number of carbonyl (C=O) groups is 1. The fourth-order valence-corrected chi connectivity index (χ4v) is 2.40. The van der Waals surface area contributed by atoms with Crippen LogP contribution in [0.3, 0.4) is 0 Å². The van der Waals surface area contributed by atoms with E-state index < -0.39 is 0 Å². The highest BCUT2D eigenvalue weighted by molar-refractivity contribution is 9.10. The lowest BCUT2D eigenvalue weighted by molar-refractivity contribution is 0.0978. The van der Waals surface area contributed by atoms with Gasteiger partial charge >= 0.3 is 0 Å². The van der Waals surface area contributed by atoms with Crippen LogP contribution in [0.1, 0.15) is 56.3 Å². The minimum atomic E-state index is 0.209. The van der Waals surface area contributed by atoms with E-state index in [0.717, 1.165) is 28.6 Å². The van der Waals surface area contributed by atoms with E-state index in [4.69, 9.17) is 4.74 Å². The molecule has 18 heavy (non-hydrogen) atoms. The molecule has 0 saturated heterocycles. The summed E-state index contributed by atoms with van der Waals surface area (Å²) in [7, 11) is 0. The molecule has 0 heterocycles. The number of hydrogen-bond donors (Lipinski definition) is 0. The summed E-state index contributed by atoms with van der Waals surface area (Å²) >= 11 is 3.44. The van der Waals surface area contributed by atoms with Gasteiger partial charge in [-0.1, -0.05) is 26.2 Å². The van der Waals surface area contributed by atoms with Crippen molar-refractivity contribution < 1.29 is 9.53 Å². The minimum Gasteiger partial charge on any atom is -0.494 e. The lowest BCUT2D eigenvalue weighted by atomic mass is 10.0. The van der Waals surface area contributed by atoms with E-state index in [2.05, 4.69) is 22.9 Å². The zero-order chi connectivity index (χ0) is 13.4. The Hall–Kier alpha value is -0.830. The molecule has 0 amide bonds. The Morgan fingerprint density at radius 3 is 2.61 bits per heavy atom. The molecule has 3 heteroatoms. The first-order chi connectivity index (χ1) is 8.69. The molecule has 0 aliphatic carbocycles. The third-order valence-corrected chi connectivity index (χ3v) is 3.47. The summed E-state index contributed by atoms with van der Waals surface area (Å²) in [5.74, 6) is 1.01. The number of unbranched alkanes of at least 4 members (excludes halogenated alkanes) is 3. The van der Waals surface area contributed by atoms with Gasteiger partial charge in [0.1, 0.15) is 5.75 Å². The van der Waals surface area contributed by atoms with E-state index in [1.807, 2.05) is 25.1 Å². The maximum atomic E-state index is 12.0. The predicted octanol–water partition coefficient (Wildman–Crippen LogP) is 5.00. The zero-order valence-corrected chi connectivity index (χ0v) is 12.8. The van der Waals surface area contributed by atoms with Gasteiger partial charge < -0.3 is 4.74 Å². The quantitative estimate of drug-likeness (QED) is 0.498. The molecule has 0 N–H and O–H groups in total. The van der Waals surface area contributed by atoms with Crippen LogP contribution >= 0.6 is 15.9 Å². The second-order valence-corrected chi connectivity index (χ2v) is 5.16. The third-order valence-electron chi connectivity index (χ3n) is 2.81. The molecule has 0 spiro atoms. The van der Waals surface area contributed by atoms with Gasteiger partial charge in [0.05, 0.1) is 6.61 Å². The molecular formula is C15H21BrO2. The molecule has 1 rings (SSSR count). The van der Waals surface area contributed by atoms with E-state index in [-0.39, 0.29) is 5.78 Å². The largest absolute Gasteiger partial charge is 0.494 e. The minimum absolute atomic E-state index is 0.209. The molecule has 0 saturated carbocycles. The van der Waals surface area contributed by atoms with Gasteiger partial charge in [0.25, 0.3) is 0 Å². The highest BCUT2D eigenvalue weighted by Crippen LogP contribution is 2.24. The van der Waals surface area contributed by atoms with E-state index in [0.29, 0.717) is 13.0 Å². The monoisotopic (exact) mass is 312 g/mol.